The Bertz CT molecular complexity index is 439. The van der Waals surface area contributed by atoms with Crippen molar-refractivity contribution in [3.63, 3.8) is 0 Å². The Balaban J connectivity index is 2.16. The van der Waals surface area contributed by atoms with Crippen molar-refractivity contribution < 1.29 is 4.74 Å². The van der Waals surface area contributed by atoms with Crippen LogP contribution in [0.1, 0.15) is 32.1 Å². The lowest BCUT2D eigenvalue weighted by Crippen LogP contribution is -2.31. The molecule has 0 aromatic heterocycles. The highest BCUT2D eigenvalue weighted by Crippen LogP contribution is 2.36. The Labute approximate surface area is 129 Å². The molecule has 1 aliphatic carbocycles. The molecule has 1 saturated carbocycles. The molecule has 0 amide bonds. The fourth-order valence-corrected chi connectivity index (χ4v) is 3.11. The van der Waals surface area contributed by atoms with Crippen LogP contribution >= 0.6 is 34.8 Å². The second-order valence-corrected chi connectivity index (χ2v) is 6.21. The maximum absolute atomic E-state index is 6.15. The lowest BCUT2D eigenvalue weighted by atomic mass is 9.97. The first-order valence-corrected chi connectivity index (χ1v) is 7.76. The van der Waals surface area contributed by atoms with E-state index in [1.54, 1.807) is 12.1 Å². The molecule has 0 spiro atoms. The highest BCUT2D eigenvalue weighted by Gasteiger charge is 2.25. The fraction of sp³-hybridized carbons (Fsp3) is 0.571. The molecule has 5 heteroatoms. The SMILES string of the molecule is NCC1CCCCCC1Oc1cc(Cl)c(Cl)cc1Cl. The van der Waals surface area contributed by atoms with Gasteiger partial charge >= 0.3 is 0 Å². The monoisotopic (exact) mass is 321 g/mol. The molecule has 0 saturated heterocycles. The van der Waals surface area contributed by atoms with Gasteiger partial charge in [-0.15, -0.1) is 0 Å². The summed E-state index contributed by atoms with van der Waals surface area (Å²) in [5, 5.41) is 1.39. The van der Waals surface area contributed by atoms with E-state index in [1.807, 2.05) is 0 Å². The van der Waals surface area contributed by atoms with Crippen molar-refractivity contribution in [1.82, 2.24) is 0 Å². The second-order valence-electron chi connectivity index (χ2n) is 4.99. The van der Waals surface area contributed by atoms with Gasteiger partial charge in [-0.25, -0.2) is 0 Å². The zero-order valence-electron chi connectivity index (χ0n) is 10.7. The molecule has 1 aliphatic rings. The number of rotatable bonds is 3. The standard InChI is InChI=1S/C14H18Cl3NO/c15-10-6-12(17)14(7-11(10)16)19-13-5-3-1-2-4-9(13)8-18/h6-7,9,13H,1-5,8,18H2. The van der Waals surface area contributed by atoms with E-state index in [2.05, 4.69) is 0 Å². The van der Waals surface area contributed by atoms with E-state index in [4.69, 9.17) is 45.3 Å². The molecular weight excluding hydrogens is 305 g/mol. The molecule has 2 nitrogen and oxygen atoms in total. The summed E-state index contributed by atoms with van der Waals surface area (Å²) < 4.78 is 6.05. The van der Waals surface area contributed by atoms with Crippen LogP contribution in [-0.2, 0) is 0 Å². The fourth-order valence-electron chi connectivity index (χ4n) is 2.53. The normalized spacial score (nSPS) is 24.0. The smallest absolute Gasteiger partial charge is 0.139 e. The molecule has 0 aliphatic heterocycles. The first kappa shape index (κ1) is 15.2. The molecule has 0 heterocycles. The molecule has 1 fully saturated rings. The third kappa shape index (κ3) is 3.91. The Kier molecular flexibility index (Phi) is 5.64. The van der Waals surface area contributed by atoms with E-state index in [0.29, 0.717) is 33.3 Å². The molecule has 2 atom stereocenters. The molecule has 106 valence electrons. The van der Waals surface area contributed by atoms with Crippen LogP contribution in [0, 0.1) is 5.92 Å². The highest BCUT2D eigenvalue weighted by molar-refractivity contribution is 6.43. The second kappa shape index (κ2) is 7.03. The molecule has 2 N–H and O–H groups in total. The van der Waals surface area contributed by atoms with E-state index >= 15 is 0 Å². The maximum atomic E-state index is 6.15. The van der Waals surface area contributed by atoms with E-state index in [9.17, 15) is 0 Å². The maximum Gasteiger partial charge on any atom is 0.139 e. The van der Waals surface area contributed by atoms with Crippen LogP contribution in [-0.4, -0.2) is 12.6 Å². The van der Waals surface area contributed by atoms with Gasteiger partial charge in [-0.2, -0.15) is 0 Å². The van der Waals surface area contributed by atoms with Gasteiger partial charge in [-0.1, -0.05) is 47.6 Å². The van der Waals surface area contributed by atoms with Gasteiger partial charge in [0.2, 0.25) is 0 Å². The Hall–Kier alpha value is -0.150. The first-order valence-electron chi connectivity index (χ1n) is 6.63. The summed E-state index contributed by atoms with van der Waals surface area (Å²) in [4.78, 5) is 0. The quantitative estimate of drug-likeness (QED) is 0.632. The highest BCUT2D eigenvalue weighted by atomic mass is 35.5. The molecule has 1 aromatic carbocycles. The van der Waals surface area contributed by atoms with Crippen molar-refractivity contribution in [1.29, 1.82) is 0 Å². The van der Waals surface area contributed by atoms with Crippen LogP contribution in [0.4, 0.5) is 0 Å². The molecule has 0 bridgehead atoms. The molecule has 19 heavy (non-hydrogen) atoms. The van der Waals surface area contributed by atoms with Crippen LogP contribution in [0.2, 0.25) is 15.1 Å². The van der Waals surface area contributed by atoms with Gasteiger partial charge in [-0.05, 0) is 31.9 Å². The first-order chi connectivity index (χ1) is 9.11. The van der Waals surface area contributed by atoms with Gasteiger partial charge in [0.25, 0.3) is 0 Å². The van der Waals surface area contributed by atoms with Crippen molar-refractivity contribution in [3.8, 4) is 5.75 Å². The van der Waals surface area contributed by atoms with Crippen LogP contribution in [0.15, 0.2) is 12.1 Å². The molecule has 2 rings (SSSR count). The largest absolute Gasteiger partial charge is 0.488 e. The van der Waals surface area contributed by atoms with E-state index in [-0.39, 0.29) is 6.10 Å². The van der Waals surface area contributed by atoms with Gasteiger partial charge in [0, 0.05) is 12.0 Å². The third-order valence-corrected chi connectivity index (χ3v) is 4.66. The summed E-state index contributed by atoms with van der Waals surface area (Å²) in [5.74, 6) is 0.981. The van der Waals surface area contributed by atoms with Gasteiger partial charge in [0.15, 0.2) is 0 Å². The van der Waals surface area contributed by atoms with Crippen LogP contribution in [0.5, 0.6) is 5.75 Å². The van der Waals surface area contributed by atoms with E-state index < -0.39 is 0 Å². The summed E-state index contributed by atoms with van der Waals surface area (Å²) in [5.41, 5.74) is 5.85. The van der Waals surface area contributed by atoms with Crippen molar-refractivity contribution in [2.75, 3.05) is 6.54 Å². The van der Waals surface area contributed by atoms with Gasteiger partial charge < -0.3 is 10.5 Å². The lowest BCUT2D eigenvalue weighted by molar-refractivity contribution is 0.130. The number of ether oxygens (including phenoxy) is 1. The van der Waals surface area contributed by atoms with Gasteiger partial charge in [0.05, 0.1) is 15.1 Å². The number of hydrogen-bond donors (Lipinski definition) is 1. The predicted molar refractivity (Wildman–Crippen MR) is 81.5 cm³/mol. The third-order valence-electron chi connectivity index (χ3n) is 3.65. The number of nitrogens with two attached hydrogens (primary N) is 1. The average Bonchev–Trinajstić information content (AvgIpc) is 2.61. The zero-order valence-corrected chi connectivity index (χ0v) is 12.9. The van der Waals surface area contributed by atoms with Crippen molar-refractivity contribution in [3.05, 3.63) is 27.2 Å². The summed E-state index contributed by atoms with van der Waals surface area (Å²) in [6.45, 7) is 0.642. The van der Waals surface area contributed by atoms with Crippen molar-refractivity contribution in [2.24, 2.45) is 11.7 Å². The summed E-state index contributed by atoms with van der Waals surface area (Å²) in [6, 6.07) is 3.31. The van der Waals surface area contributed by atoms with Crippen LogP contribution < -0.4 is 10.5 Å². The minimum Gasteiger partial charge on any atom is -0.488 e. The van der Waals surface area contributed by atoms with Crippen LogP contribution in [0.3, 0.4) is 0 Å². The molecule has 1 aromatic rings. The topological polar surface area (TPSA) is 35.2 Å². The Morgan fingerprint density at radius 2 is 1.68 bits per heavy atom. The molecule has 2 unspecified atom stereocenters. The van der Waals surface area contributed by atoms with Crippen molar-refractivity contribution in [2.45, 2.75) is 38.2 Å². The summed E-state index contributed by atoms with van der Waals surface area (Å²) in [6.07, 6.45) is 5.86. The molecule has 0 radical (unpaired) electrons. The van der Waals surface area contributed by atoms with Crippen LogP contribution in [0.25, 0.3) is 0 Å². The van der Waals surface area contributed by atoms with E-state index in [1.165, 1.54) is 19.3 Å². The Morgan fingerprint density at radius 1 is 1.00 bits per heavy atom. The van der Waals surface area contributed by atoms with Gasteiger partial charge in [-0.3, -0.25) is 0 Å². The minimum absolute atomic E-state index is 0.113. The minimum atomic E-state index is 0.113. The average molecular weight is 323 g/mol. The summed E-state index contributed by atoms with van der Waals surface area (Å²) in [7, 11) is 0. The predicted octanol–water partition coefficient (Wildman–Crippen LogP) is 4.93. The zero-order chi connectivity index (χ0) is 13.8. The van der Waals surface area contributed by atoms with Crippen molar-refractivity contribution >= 4 is 34.8 Å². The van der Waals surface area contributed by atoms with E-state index in [0.717, 1.165) is 12.8 Å². The molecular formula is C14H18Cl3NO. The lowest BCUT2D eigenvalue weighted by Gasteiger charge is -2.25. The number of benzene rings is 1. The number of hydrogen-bond acceptors (Lipinski definition) is 2. The van der Waals surface area contributed by atoms with Gasteiger partial charge in [0.1, 0.15) is 11.9 Å². The Morgan fingerprint density at radius 3 is 2.42 bits per heavy atom. The summed E-state index contributed by atoms with van der Waals surface area (Å²) >= 11 is 18.1. The number of halogens is 3.